The summed E-state index contributed by atoms with van der Waals surface area (Å²) >= 11 is 3.37. The van der Waals surface area contributed by atoms with E-state index < -0.39 is 0 Å². The number of rotatable bonds is 5. The summed E-state index contributed by atoms with van der Waals surface area (Å²) in [6.07, 6.45) is 0. The van der Waals surface area contributed by atoms with Crippen molar-refractivity contribution in [3.05, 3.63) is 27.7 Å². The maximum atomic E-state index is 9.21. The first-order chi connectivity index (χ1) is 7.24. The molecule has 0 spiro atoms. The highest BCUT2D eigenvalue weighted by atomic mass is 79.9. The molecule has 0 saturated heterocycles. The van der Waals surface area contributed by atoms with Crippen molar-refractivity contribution in [2.45, 2.75) is 13.2 Å². The zero-order chi connectivity index (χ0) is 11.3. The first-order valence-corrected chi connectivity index (χ1v) is 5.26. The minimum Gasteiger partial charge on any atom is -0.466 e. The van der Waals surface area contributed by atoms with Crippen LogP contribution in [0.15, 0.2) is 16.6 Å². The van der Waals surface area contributed by atoms with Crippen LogP contribution in [-0.2, 0) is 17.9 Å². The van der Waals surface area contributed by atoms with Gasteiger partial charge in [0.2, 0.25) is 0 Å². The van der Waals surface area contributed by atoms with E-state index in [0.717, 1.165) is 15.6 Å². The van der Waals surface area contributed by atoms with Gasteiger partial charge in [0.1, 0.15) is 5.75 Å². The Morgan fingerprint density at radius 3 is 2.73 bits per heavy atom. The molecular formula is C10H14BrNO3. The average molecular weight is 276 g/mol. The second-order valence-electron chi connectivity index (χ2n) is 2.93. The van der Waals surface area contributed by atoms with Crippen molar-refractivity contribution in [2.75, 3.05) is 13.9 Å². The minimum atomic E-state index is -0.0721. The summed E-state index contributed by atoms with van der Waals surface area (Å²) in [5.74, 6) is 0.637. The molecule has 1 aromatic rings. The van der Waals surface area contributed by atoms with Crippen molar-refractivity contribution in [1.82, 2.24) is 0 Å². The number of benzene rings is 1. The second kappa shape index (κ2) is 6.07. The van der Waals surface area contributed by atoms with Crippen molar-refractivity contribution in [3.63, 3.8) is 0 Å². The van der Waals surface area contributed by atoms with E-state index >= 15 is 0 Å². The molecule has 0 saturated carbocycles. The Labute approximate surface area is 97.1 Å². The van der Waals surface area contributed by atoms with Crippen LogP contribution in [0.3, 0.4) is 0 Å². The van der Waals surface area contributed by atoms with E-state index in [4.69, 9.17) is 15.2 Å². The van der Waals surface area contributed by atoms with Crippen molar-refractivity contribution in [3.8, 4) is 5.75 Å². The number of nitrogens with two attached hydrogens (primary N) is 1. The molecule has 0 amide bonds. The third kappa shape index (κ3) is 2.92. The standard InChI is InChI=1S/C10H14BrNO3/c1-14-6-15-9-3-2-7(4-12)8(5-13)10(9)11/h2-3,13H,4-6,12H2,1H3. The highest BCUT2D eigenvalue weighted by Gasteiger charge is 2.10. The lowest BCUT2D eigenvalue weighted by Gasteiger charge is -2.12. The normalized spacial score (nSPS) is 10.4. The van der Waals surface area contributed by atoms with Crippen LogP contribution in [0.25, 0.3) is 0 Å². The number of methoxy groups -OCH3 is 1. The van der Waals surface area contributed by atoms with Gasteiger partial charge in [-0.2, -0.15) is 0 Å². The fraction of sp³-hybridized carbons (Fsp3) is 0.400. The van der Waals surface area contributed by atoms with Gasteiger partial charge in [-0.3, -0.25) is 0 Å². The van der Waals surface area contributed by atoms with Crippen molar-refractivity contribution in [1.29, 1.82) is 0 Å². The smallest absolute Gasteiger partial charge is 0.188 e. The Balaban J connectivity index is 3.00. The minimum absolute atomic E-state index is 0.0721. The second-order valence-corrected chi connectivity index (χ2v) is 3.72. The van der Waals surface area contributed by atoms with Gasteiger partial charge in [-0.15, -0.1) is 0 Å². The summed E-state index contributed by atoms with van der Waals surface area (Å²) in [4.78, 5) is 0. The highest BCUT2D eigenvalue weighted by Crippen LogP contribution is 2.31. The number of halogens is 1. The first-order valence-electron chi connectivity index (χ1n) is 4.47. The molecule has 0 atom stereocenters. The van der Waals surface area contributed by atoms with Crippen LogP contribution in [0.2, 0.25) is 0 Å². The van der Waals surface area contributed by atoms with Gasteiger partial charge in [0.25, 0.3) is 0 Å². The molecule has 84 valence electrons. The van der Waals surface area contributed by atoms with Gasteiger partial charge >= 0.3 is 0 Å². The van der Waals surface area contributed by atoms with E-state index in [1.807, 2.05) is 6.07 Å². The number of aliphatic hydroxyl groups is 1. The zero-order valence-corrected chi connectivity index (χ0v) is 10.1. The van der Waals surface area contributed by atoms with E-state index in [-0.39, 0.29) is 13.4 Å². The lowest BCUT2D eigenvalue weighted by Crippen LogP contribution is -2.05. The summed E-state index contributed by atoms with van der Waals surface area (Å²) in [6, 6.07) is 3.63. The lowest BCUT2D eigenvalue weighted by atomic mass is 10.1. The molecule has 0 bridgehead atoms. The molecule has 0 aliphatic heterocycles. The summed E-state index contributed by atoms with van der Waals surface area (Å²) in [5.41, 5.74) is 7.20. The Kier molecular flexibility index (Phi) is 5.04. The van der Waals surface area contributed by atoms with Gasteiger partial charge < -0.3 is 20.3 Å². The van der Waals surface area contributed by atoms with Crippen LogP contribution < -0.4 is 10.5 Å². The van der Waals surface area contributed by atoms with Crippen LogP contribution in [0.4, 0.5) is 0 Å². The molecule has 0 heterocycles. The third-order valence-corrected chi connectivity index (χ3v) is 2.88. The average Bonchev–Trinajstić information content (AvgIpc) is 2.27. The van der Waals surface area contributed by atoms with Gasteiger partial charge in [0, 0.05) is 13.7 Å². The monoisotopic (exact) mass is 275 g/mol. The summed E-state index contributed by atoms with van der Waals surface area (Å²) in [6.45, 7) is 0.488. The quantitative estimate of drug-likeness (QED) is 0.797. The van der Waals surface area contributed by atoms with Crippen molar-refractivity contribution >= 4 is 15.9 Å². The Bertz CT molecular complexity index is 331. The Hall–Kier alpha value is -0.620. The molecule has 0 fully saturated rings. The van der Waals surface area contributed by atoms with Crippen LogP contribution in [0, 0.1) is 0 Å². The van der Waals surface area contributed by atoms with Crippen molar-refractivity contribution < 1.29 is 14.6 Å². The molecule has 4 nitrogen and oxygen atoms in total. The largest absolute Gasteiger partial charge is 0.466 e. The molecular weight excluding hydrogens is 262 g/mol. The number of ether oxygens (including phenoxy) is 2. The molecule has 0 aromatic heterocycles. The predicted octanol–water partition coefficient (Wildman–Crippen LogP) is 1.38. The molecule has 0 aliphatic rings. The zero-order valence-electron chi connectivity index (χ0n) is 8.50. The van der Waals surface area contributed by atoms with Gasteiger partial charge in [-0.1, -0.05) is 6.07 Å². The van der Waals surface area contributed by atoms with Gasteiger partial charge in [0.15, 0.2) is 6.79 Å². The molecule has 3 N–H and O–H groups in total. The van der Waals surface area contributed by atoms with Gasteiger partial charge in [-0.25, -0.2) is 0 Å². The molecule has 1 rings (SSSR count). The summed E-state index contributed by atoms with van der Waals surface area (Å²) in [5, 5.41) is 9.21. The highest BCUT2D eigenvalue weighted by molar-refractivity contribution is 9.10. The number of hydrogen-bond donors (Lipinski definition) is 2. The fourth-order valence-corrected chi connectivity index (χ4v) is 1.86. The van der Waals surface area contributed by atoms with E-state index in [1.54, 1.807) is 13.2 Å². The number of hydrogen-bond acceptors (Lipinski definition) is 4. The Morgan fingerprint density at radius 2 is 2.20 bits per heavy atom. The number of aliphatic hydroxyl groups excluding tert-OH is 1. The molecule has 5 heteroatoms. The lowest BCUT2D eigenvalue weighted by molar-refractivity contribution is 0.0504. The van der Waals surface area contributed by atoms with Crippen molar-refractivity contribution in [2.24, 2.45) is 5.73 Å². The molecule has 1 aromatic carbocycles. The SMILES string of the molecule is COCOc1ccc(CN)c(CO)c1Br. The maximum absolute atomic E-state index is 9.21. The predicted molar refractivity (Wildman–Crippen MR) is 60.5 cm³/mol. The molecule has 15 heavy (non-hydrogen) atoms. The third-order valence-electron chi connectivity index (χ3n) is 2.02. The van der Waals surface area contributed by atoms with E-state index in [1.165, 1.54) is 0 Å². The molecule has 0 radical (unpaired) electrons. The topological polar surface area (TPSA) is 64.7 Å². The molecule has 0 unspecified atom stereocenters. The van der Waals surface area contributed by atoms with Gasteiger partial charge in [0.05, 0.1) is 11.1 Å². The van der Waals surface area contributed by atoms with Crippen LogP contribution >= 0.6 is 15.9 Å². The Morgan fingerprint density at radius 1 is 1.47 bits per heavy atom. The fourth-order valence-electron chi connectivity index (χ4n) is 1.24. The van der Waals surface area contributed by atoms with Gasteiger partial charge in [-0.05, 0) is 33.1 Å². The van der Waals surface area contributed by atoms with E-state index in [9.17, 15) is 5.11 Å². The summed E-state index contributed by atoms with van der Waals surface area (Å²) < 4.78 is 10.8. The van der Waals surface area contributed by atoms with Crippen LogP contribution in [0.5, 0.6) is 5.75 Å². The first kappa shape index (κ1) is 12.4. The van der Waals surface area contributed by atoms with E-state index in [2.05, 4.69) is 15.9 Å². The van der Waals surface area contributed by atoms with Crippen LogP contribution in [0.1, 0.15) is 11.1 Å². The summed E-state index contributed by atoms with van der Waals surface area (Å²) in [7, 11) is 1.55. The van der Waals surface area contributed by atoms with E-state index in [0.29, 0.717) is 12.3 Å². The maximum Gasteiger partial charge on any atom is 0.188 e. The van der Waals surface area contributed by atoms with Crippen LogP contribution in [-0.4, -0.2) is 19.0 Å². The molecule has 0 aliphatic carbocycles.